The van der Waals surface area contributed by atoms with Gasteiger partial charge in [0, 0.05) is 43.9 Å². The number of hydrogen-bond acceptors (Lipinski definition) is 11. The van der Waals surface area contributed by atoms with Crippen molar-refractivity contribution in [2.24, 2.45) is 11.8 Å². The van der Waals surface area contributed by atoms with Crippen LogP contribution in [-0.4, -0.2) is 114 Å². The minimum Gasteiger partial charge on any atom is -0.462 e. The Morgan fingerprint density at radius 3 is 1.80 bits per heavy atom. The standard InChI is InChI=1S/C46H86NO12P/c1-6-8-10-11-12-13-14-15-16-17-18-19-20-21-23-28-45(52)56-36-40(37-58-60(54,55)57-33-32-47(3,4)5)59-46(53)29-25-24-27-39(49)34-42-41(43(50)35-44(42)51)31-30-38(48)26-22-9-7-2/h30-31,38,40-44,48,50-51H,6-29,32-37H2,1-5H3/p+1/b31-30+/t38-,40+,41+,42+,43+,44-/m0/s1. The van der Waals surface area contributed by atoms with Gasteiger partial charge in [0.05, 0.1) is 46.1 Å². The van der Waals surface area contributed by atoms with Crippen LogP contribution in [0.3, 0.4) is 0 Å². The van der Waals surface area contributed by atoms with Gasteiger partial charge in [0.1, 0.15) is 25.5 Å². The van der Waals surface area contributed by atoms with Gasteiger partial charge < -0.3 is 34.2 Å². The number of unbranched alkanes of at least 4 members (excludes halogenated alkanes) is 17. The molecule has 1 unspecified atom stereocenters. The van der Waals surface area contributed by atoms with Gasteiger partial charge in [-0.05, 0) is 25.7 Å². The monoisotopic (exact) mass is 877 g/mol. The molecule has 1 fully saturated rings. The fourth-order valence-electron chi connectivity index (χ4n) is 7.48. The number of Topliss-reactive ketones (excluding diaryl/α,β-unsaturated/α-hetero) is 1. The van der Waals surface area contributed by atoms with Crippen molar-refractivity contribution in [2.75, 3.05) is 47.5 Å². The predicted octanol–water partition coefficient (Wildman–Crippen LogP) is 8.92. The number of ether oxygens (including phenoxy) is 2. The second-order valence-corrected chi connectivity index (χ2v) is 19.6. The first-order chi connectivity index (χ1) is 28.6. The molecule has 0 aromatic carbocycles. The SMILES string of the molecule is CCCCCCCCCCCCCCCCCC(=O)OC[C@H](COP(=O)(O)OCC[N+](C)(C)C)OC(=O)CCCCC(=O)C[C@@H]1[C@@H](/C=C/[C@@H](O)CCCCC)[C@H](O)C[C@@H]1O. The Morgan fingerprint density at radius 1 is 0.700 bits per heavy atom. The summed E-state index contributed by atoms with van der Waals surface area (Å²) < 4.78 is 34.2. The molecule has 0 amide bonds. The Labute approximate surface area is 363 Å². The average molecular weight is 877 g/mol. The molecule has 4 N–H and O–H groups in total. The molecule has 352 valence electrons. The molecule has 1 saturated carbocycles. The number of ketones is 1. The van der Waals surface area contributed by atoms with Gasteiger partial charge in [-0.3, -0.25) is 23.4 Å². The van der Waals surface area contributed by atoms with E-state index in [1.165, 1.54) is 70.6 Å². The van der Waals surface area contributed by atoms with Crippen LogP contribution in [0.5, 0.6) is 0 Å². The van der Waals surface area contributed by atoms with Crippen molar-refractivity contribution in [1.82, 2.24) is 0 Å². The zero-order valence-corrected chi connectivity index (χ0v) is 39.2. The first-order valence-electron chi connectivity index (χ1n) is 23.6. The van der Waals surface area contributed by atoms with Gasteiger partial charge in [-0.15, -0.1) is 0 Å². The van der Waals surface area contributed by atoms with E-state index >= 15 is 0 Å². The van der Waals surface area contributed by atoms with Crippen LogP contribution >= 0.6 is 7.82 Å². The van der Waals surface area contributed by atoms with E-state index in [1.54, 1.807) is 12.2 Å². The number of aliphatic hydroxyl groups excluding tert-OH is 3. The number of aliphatic hydroxyl groups is 3. The first kappa shape index (κ1) is 56.3. The number of quaternary nitrogens is 1. The molecule has 0 bridgehead atoms. The summed E-state index contributed by atoms with van der Waals surface area (Å²) in [5.74, 6) is -2.08. The Balaban J connectivity index is 2.50. The van der Waals surface area contributed by atoms with Crippen molar-refractivity contribution in [3.8, 4) is 0 Å². The lowest BCUT2D eigenvalue weighted by molar-refractivity contribution is -0.870. The van der Waals surface area contributed by atoms with E-state index in [1.807, 2.05) is 21.1 Å². The number of esters is 2. The molecule has 1 aliphatic rings. The molecule has 14 heteroatoms. The second kappa shape index (κ2) is 33.8. The average Bonchev–Trinajstić information content (AvgIpc) is 3.44. The third-order valence-electron chi connectivity index (χ3n) is 11.3. The Kier molecular flexibility index (Phi) is 31.7. The highest BCUT2D eigenvalue weighted by Crippen LogP contribution is 2.43. The predicted molar refractivity (Wildman–Crippen MR) is 236 cm³/mol. The molecule has 0 aromatic heterocycles. The Hall–Kier alpha value is -1.70. The third-order valence-corrected chi connectivity index (χ3v) is 12.3. The molecule has 0 saturated heterocycles. The highest BCUT2D eigenvalue weighted by Gasteiger charge is 2.41. The van der Waals surface area contributed by atoms with Gasteiger partial charge in [-0.25, -0.2) is 4.57 Å². The van der Waals surface area contributed by atoms with E-state index in [0.29, 0.717) is 36.7 Å². The molecule has 60 heavy (non-hydrogen) atoms. The number of carbonyl (C=O) groups excluding carboxylic acids is 3. The molecule has 13 nitrogen and oxygen atoms in total. The number of carbonyl (C=O) groups is 3. The highest BCUT2D eigenvalue weighted by atomic mass is 31.2. The number of nitrogens with zero attached hydrogens (tertiary/aromatic N) is 1. The summed E-state index contributed by atoms with van der Waals surface area (Å²) in [5, 5.41) is 31.4. The lowest BCUT2D eigenvalue weighted by Crippen LogP contribution is -2.37. The number of phosphoric ester groups is 1. The summed E-state index contributed by atoms with van der Waals surface area (Å²) in [6, 6.07) is 0. The lowest BCUT2D eigenvalue weighted by atomic mass is 9.87. The van der Waals surface area contributed by atoms with Gasteiger partial charge >= 0.3 is 19.8 Å². The van der Waals surface area contributed by atoms with Crippen molar-refractivity contribution >= 4 is 25.5 Å². The van der Waals surface area contributed by atoms with Crippen LogP contribution in [0.1, 0.15) is 181 Å². The number of phosphoric acid groups is 1. The van der Waals surface area contributed by atoms with Crippen molar-refractivity contribution in [1.29, 1.82) is 0 Å². The Bertz CT molecular complexity index is 1210. The summed E-state index contributed by atoms with van der Waals surface area (Å²) in [5.41, 5.74) is 0. The van der Waals surface area contributed by atoms with Gasteiger partial charge in [-0.2, -0.15) is 0 Å². The normalized spacial score (nSPS) is 20.3. The highest BCUT2D eigenvalue weighted by molar-refractivity contribution is 7.47. The molecular weight excluding hydrogens is 789 g/mol. The molecule has 0 spiro atoms. The van der Waals surface area contributed by atoms with Crippen LogP contribution in [0.25, 0.3) is 0 Å². The summed E-state index contributed by atoms with van der Waals surface area (Å²) in [7, 11) is 1.26. The lowest BCUT2D eigenvalue weighted by Gasteiger charge is -2.24. The van der Waals surface area contributed by atoms with Crippen LogP contribution in [0.2, 0.25) is 0 Å². The van der Waals surface area contributed by atoms with E-state index < -0.39 is 62.6 Å². The molecule has 0 radical (unpaired) electrons. The first-order valence-corrected chi connectivity index (χ1v) is 25.1. The largest absolute Gasteiger partial charge is 0.472 e. The summed E-state index contributed by atoms with van der Waals surface area (Å²) in [4.78, 5) is 48.5. The number of likely N-dealkylation sites (N-methyl/N-ethyl adjacent to an activating group) is 1. The van der Waals surface area contributed by atoms with Gasteiger partial charge in [0.15, 0.2) is 6.10 Å². The van der Waals surface area contributed by atoms with E-state index in [9.17, 15) is 39.2 Å². The summed E-state index contributed by atoms with van der Waals surface area (Å²) in [6.45, 7) is 3.89. The van der Waals surface area contributed by atoms with E-state index in [4.69, 9.17) is 18.5 Å². The molecule has 1 aliphatic carbocycles. The molecule has 0 aromatic rings. The number of hydrogen-bond donors (Lipinski definition) is 4. The third kappa shape index (κ3) is 30.4. The van der Waals surface area contributed by atoms with Crippen molar-refractivity contribution in [3.05, 3.63) is 12.2 Å². The topological polar surface area (TPSA) is 186 Å². The molecule has 1 rings (SSSR count). The maximum absolute atomic E-state index is 12.9. The van der Waals surface area contributed by atoms with Crippen molar-refractivity contribution < 1.29 is 62.2 Å². The fourth-order valence-corrected chi connectivity index (χ4v) is 8.22. The van der Waals surface area contributed by atoms with E-state index in [0.717, 1.165) is 38.5 Å². The molecule has 7 atom stereocenters. The van der Waals surface area contributed by atoms with Crippen LogP contribution in [0, 0.1) is 11.8 Å². The zero-order chi connectivity index (χ0) is 44.7. The van der Waals surface area contributed by atoms with Crippen LogP contribution in [-0.2, 0) is 37.5 Å². The molecule has 0 aliphatic heterocycles. The van der Waals surface area contributed by atoms with E-state index in [-0.39, 0.29) is 51.1 Å². The van der Waals surface area contributed by atoms with Crippen LogP contribution in [0.15, 0.2) is 12.2 Å². The second-order valence-electron chi connectivity index (χ2n) is 18.1. The minimum absolute atomic E-state index is 0.0331. The molecular formula is C46H87NO12P+. The molecule has 0 heterocycles. The minimum atomic E-state index is -4.48. The van der Waals surface area contributed by atoms with Gasteiger partial charge in [-0.1, -0.05) is 135 Å². The van der Waals surface area contributed by atoms with Gasteiger partial charge in [0.25, 0.3) is 0 Å². The fraction of sp³-hybridized carbons (Fsp3) is 0.891. The number of rotatable bonds is 39. The zero-order valence-electron chi connectivity index (χ0n) is 38.3. The Morgan fingerprint density at radius 2 is 1.22 bits per heavy atom. The maximum Gasteiger partial charge on any atom is 0.472 e. The maximum atomic E-state index is 12.9. The summed E-state index contributed by atoms with van der Waals surface area (Å²) >= 11 is 0. The smallest absolute Gasteiger partial charge is 0.462 e. The van der Waals surface area contributed by atoms with Crippen molar-refractivity contribution in [3.63, 3.8) is 0 Å². The van der Waals surface area contributed by atoms with Crippen LogP contribution in [0.4, 0.5) is 0 Å². The van der Waals surface area contributed by atoms with E-state index in [2.05, 4.69) is 13.8 Å². The van der Waals surface area contributed by atoms with Gasteiger partial charge in [0.2, 0.25) is 0 Å². The van der Waals surface area contributed by atoms with Crippen molar-refractivity contribution in [2.45, 2.75) is 205 Å². The summed E-state index contributed by atoms with van der Waals surface area (Å²) in [6.07, 6.45) is 23.1. The quantitative estimate of drug-likeness (QED) is 0.0151. The van der Waals surface area contributed by atoms with Crippen LogP contribution < -0.4 is 0 Å².